The Balaban J connectivity index is 0.00000261. The topological polar surface area (TPSA) is 57.7 Å². The molecule has 6 heteroatoms. The first kappa shape index (κ1) is 22.3. The van der Waals surface area contributed by atoms with Gasteiger partial charge < -0.3 is 20.7 Å². The molecule has 27 heavy (non-hydrogen) atoms. The maximum Gasteiger partial charge on any atom is 0.191 e. The molecule has 1 aromatic carbocycles. The maximum absolute atomic E-state index is 6.45. The quantitative estimate of drug-likeness (QED) is 0.261. The minimum atomic E-state index is -0.00133. The van der Waals surface area contributed by atoms with Gasteiger partial charge in [-0.25, -0.2) is 0 Å². The van der Waals surface area contributed by atoms with Crippen molar-refractivity contribution < 1.29 is 4.74 Å². The first-order valence-electron chi connectivity index (χ1n) is 9.91. The van der Waals surface area contributed by atoms with Gasteiger partial charge in [0.25, 0.3) is 0 Å². The number of nitrogens with one attached hydrogen (secondary N) is 3. The predicted octanol–water partition coefficient (Wildman–Crippen LogP) is 3.99. The summed E-state index contributed by atoms with van der Waals surface area (Å²) >= 11 is 0. The standard InChI is InChI=1S/C21H34N4O.HI/c1-20(2,3)24-14-13-23-19(22-4)25-17-15-21(11-7-8-12-21)26-18-10-6-5-9-16(17)18;/h5-6,9-10,17,24H,7-8,11-15H2,1-4H3,(H2,22,23,25);1H. The van der Waals surface area contributed by atoms with Crippen molar-refractivity contribution in [1.29, 1.82) is 0 Å². The molecular weight excluding hydrogens is 451 g/mol. The number of rotatable bonds is 4. The molecule has 152 valence electrons. The molecule has 5 nitrogen and oxygen atoms in total. The van der Waals surface area contributed by atoms with E-state index in [1.54, 1.807) is 0 Å². The van der Waals surface area contributed by atoms with Gasteiger partial charge in [-0.3, -0.25) is 4.99 Å². The highest BCUT2D eigenvalue weighted by atomic mass is 127. The number of benzene rings is 1. The predicted molar refractivity (Wildman–Crippen MR) is 123 cm³/mol. The van der Waals surface area contributed by atoms with Gasteiger partial charge in [-0.2, -0.15) is 0 Å². The van der Waals surface area contributed by atoms with E-state index in [2.05, 4.69) is 66.0 Å². The van der Waals surface area contributed by atoms with Crippen LogP contribution in [0.15, 0.2) is 29.3 Å². The zero-order chi connectivity index (χ0) is 18.6. The van der Waals surface area contributed by atoms with Crippen LogP contribution in [0.4, 0.5) is 0 Å². The van der Waals surface area contributed by atoms with E-state index in [-0.39, 0.29) is 41.2 Å². The van der Waals surface area contributed by atoms with Crippen molar-refractivity contribution in [2.24, 2.45) is 4.99 Å². The molecule has 1 atom stereocenters. The Bertz CT molecular complexity index is 635. The van der Waals surface area contributed by atoms with Crippen LogP contribution in [0.3, 0.4) is 0 Å². The van der Waals surface area contributed by atoms with Crippen molar-refractivity contribution >= 4 is 29.9 Å². The van der Waals surface area contributed by atoms with Gasteiger partial charge in [0.1, 0.15) is 11.4 Å². The number of halogens is 1. The summed E-state index contributed by atoms with van der Waals surface area (Å²) in [4.78, 5) is 4.43. The van der Waals surface area contributed by atoms with Crippen molar-refractivity contribution in [3.8, 4) is 5.75 Å². The highest BCUT2D eigenvalue weighted by molar-refractivity contribution is 14.0. The molecule has 1 spiro atoms. The molecule has 0 bridgehead atoms. The lowest BCUT2D eigenvalue weighted by Crippen LogP contribution is -2.48. The average Bonchev–Trinajstić information content (AvgIpc) is 3.04. The van der Waals surface area contributed by atoms with Crippen LogP contribution in [-0.4, -0.2) is 37.2 Å². The van der Waals surface area contributed by atoms with Crippen LogP contribution < -0.4 is 20.7 Å². The van der Waals surface area contributed by atoms with E-state index >= 15 is 0 Å². The third-order valence-electron chi connectivity index (χ3n) is 5.32. The normalized spacial score (nSPS) is 21.2. The van der Waals surface area contributed by atoms with Gasteiger partial charge in [0, 0.05) is 37.7 Å². The average molecular weight is 486 g/mol. The van der Waals surface area contributed by atoms with Crippen molar-refractivity contribution in [2.45, 2.75) is 70.1 Å². The van der Waals surface area contributed by atoms with Crippen LogP contribution in [0.5, 0.6) is 5.75 Å². The van der Waals surface area contributed by atoms with E-state index in [4.69, 9.17) is 4.74 Å². The van der Waals surface area contributed by atoms with E-state index in [0.29, 0.717) is 0 Å². The number of hydrogen-bond donors (Lipinski definition) is 3. The van der Waals surface area contributed by atoms with Gasteiger partial charge in [0.2, 0.25) is 0 Å². The van der Waals surface area contributed by atoms with Crippen molar-refractivity contribution in [3.63, 3.8) is 0 Å². The van der Waals surface area contributed by atoms with E-state index in [1.807, 2.05) is 7.05 Å². The Labute approximate surface area is 181 Å². The van der Waals surface area contributed by atoms with E-state index in [1.165, 1.54) is 18.4 Å². The van der Waals surface area contributed by atoms with E-state index in [0.717, 1.165) is 44.1 Å². The number of para-hydroxylation sites is 1. The summed E-state index contributed by atoms with van der Waals surface area (Å²) < 4.78 is 6.45. The highest BCUT2D eigenvalue weighted by Crippen LogP contribution is 2.46. The maximum atomic E-state index is 6.45. The van der Waals surface area contributed by atoms with E-state index in [9.17, 15) is 0 Å². The Kier molecular flexibility index (Phi) is 7.80. The number of aliphatic imine (C=N–C) groups is 1. The second kappa shape index (κ2) is 9.45. The summed E-state index contributed by atoms with van der Waals surface area (Å²) in [6.07, 6.45) is 5.84. The highest BCUT2D eigenvalue weighted by Gasteiger charge is 2.43. The molecule has 1 unspecified atom stereocenters. The summed E-state index contributed by atoms with van der Waals surface area (Å²) in [5, 5.41) is 10.6. The Morgan fingerprint density at radius 2 is 1.89 bits per heavy atom. The van der Waals surface area contributed by atoms with Crippen LogP contribution in [0.1, 0.15) is 64.5 Å². The van der Waals surface area contributed by atoms with Gasteiger partial charge in [-0.1, -0.05) is 18.2 Å². The van der Waals surface area contributed by atoms with Gasteiger partial charge in [0.05, 0.1) is 6.04 Å². The van der Waals surface area contributed by atoms with Crippen molar-refractivity contribution in [2.75, 3.05) is 20.1 Å². The lowest BCUT2D eigenvalue weighted by molar-refractivity contribution is 0.0396. The molecule has 2 aliphatic rings. The van der Waals surface area contributed by atoms with Crippen LogP contribution in [-0.2, 0) is 0 Å². The van der Waals surface area contributed by atoms with Crippen LogP contribution in [0, 0.1) is 0 Å². The zero-order valence-electron chi connectivity index (χ0n) is 17.1. The molecule has 3 rings (SSSR count). The number of ether oxygens (including phenoxy) is 1. The van der Waals surface area contributed by atoms with Gasteiger partial charge in [-0.05, 0) is 52.5 Å². The first-order valence-corrected chi connectivity index (χ1v) is 9.91. The molecule has 3 N–H and O–H groups in total. The molecule has 1 fully saturated rings. The van der Waals surface area contributed by atoms with Gasteiger partial charge in [0.15, 0.2) is 5.96 Å². The fourth-order valence-electron chi connectivity index (χ4n) is 4.05. The van der Waals surface area contributed by atoms with E-state index < -0.39 is 0 Å². The second-order valence-corrected chi connectivity index (χ2v) is 8.61. The Hall–Kier alpha value is -1.02. The molecular formula is C21H35IN4O. The largest absolute Gasteiger partial charge is 0.487 e. The third-order valence-corrected chi connectivity index (χ3v) is 5.32. The van der Waals surface area contributed by atoms with Crippen molar-refractivity contribution in [1.82, 2.24) is 16.0 Å². The van der Waals surface area contributed by atoms with Crippen LogP contribution >= 0.6 is 24.0 Å². The SMILES string of the molecule is CN=C(NCCNC(C)(C)C)NC1CC2(CCCC2)Oc2ccccc21.I. The van der Waals surface area contributed by atoms with Gasteiger partial charge >= 0.3 is 0 Å². The second-order valence-electron chi connectivity index (χ2n) is 8.61. The summed E-state index contributed by atoms with van der Waals surface area (Å²) in [6, 6.07) is 8.66. The smallest absolute Gasteiger partial charge is 0.191 e. The summed E-state index contributed by atoms with van der Waals surface area (Å²) in [5.74, 6) is 1.89. The number of guanidine groups is 1. The minimum absolute atomic E-state index is 0. The fourth-order valence-corrected chi connectivity index (χ4v) is 4.05. The number of nitrogens with zero attached hydrogens (tertiary/aromatic N) is 1. The molecule has 0 saturated heterocycles. The van der Waals surface area contributed by atoms with Gasteiger partial charge in [-0.15, -0.1) is 24.0 Å². The molecule has 1 aliphatic carbocycles. The molecule has 0 amide bonds. The molecule has 1 heterocycles. The Morgan fingerprint density at radius 1 is 1.19 bits per heavy atom. The molecule has 1 aromatic rings. The monoisotopic (exact) mass is 486 g/mol. The molecule has 0 aromatic heterocycles. The summed E-state index contributed by atoms with van der Waals surface area (Å²) in [6.45, 7) is 8.28. The summed E-state index contributed by atoms with van der Waals surface area (Å²) in [5.41, 5.74) is 1.37. The minimum Gasteiger partial charge on any atom is -0.487 e. The summed E-state index contributed by atoms with van der Waals surface area (Å²) in [7, 11) is 1.84. The molecule has 1 aliphatic heterocycles. The number of hydrogen-bond acceptors (Lipinski definition) is 3. The molecule has 1 saturated carbocycles. The Morgan fingerprint density at radius 3 is 2.56 bits per heavy atom. The zero-order valence-corrected chi connectivity index (χ0v) is 19.4. The van der Waals surface area contributed by atoms with Crippen molar-refractivity contribution in [3.05, 3.63) is 29.8 Å². The third kappa shape index (κ3) is 5.98. The fraction of sp³-hybridized carbons (Fsp3) is 0.667. The lowest BCUT2D eigenvalue weighted by atomic mass is 9.86. The first-order chi connectivity index (χ1) is 12.4. The van der Waals surface area contributed by atoms with Crippen LogP contribution in [0.2, 0.25) is 0 Å². The molecule has 0 radical (unpaired) electrons. The lowest BCUT2D eigenvalue weighted by Gasteiger charge is -2.40. The number of fused-ring (bicyclic) bond motifs is 1. The van der Waals surface area contributed by atoms with Crippen LogP contribution in [0.25, 0.3) is 0 Å².